The minimum absolute atomic E-state index is 0.0394. The van der Waals surface area contributed by atoms with E-state index in [0.29, 0.717) is 31.2 Å². The van der Waals surface area contributed by atoms with Gasteiger partial charge in [0.15, 0.2) is 5.96 Å². The highest BCUT2D eigenvalue weighted by Crippen LogP contribution is 2.17. The van der Waals surface area contributed by atoms with Gasteiger partial charge >= 0.3 is 0 Å². The lowest BCUT2D eigenvalue weighted by atomic mass is 9.96. The van der Waals surface area contributed by atoms with E-state index in [-0.39, 0.29) is 11.9 Å². The summed E-state index contributed by atoms with van der Waals surface area (Å²) in [4.78, 5) is 16.2. The van der Waals surface area contributed by atoms with Gasteiger partial charge < -0.3 is 16.0 Å². The minimum Gasteiger partial charge on any atom is -0.357 e. The van der Waals surface area contributed by atoms with Crippen molar-refractivity contribution in [2.45, 2.75) is 40.7 Å². The third-order valence-electron chi connectivity index (χ3n) is 3.47. The molecule has 0 bridgehead atoms. The van der Waals surface area contributed by atoms with E-state index >= 15 is 0 Å². The van der Waals surface area contributed by atoms with Gasteiger partial charge in [0, 0.05) is 30.1 Å². The summed E-state index contributed by atoms with van der Waals surface area (Å²) in [6, 6.07) is 3.11. The molecule has 0 aliphatic rings. The first kappa shape index (κ1) is 20.9. The van der Waals surface area contributed by atoms with E-state index in [1.807, 2.05) is 27.7 Å². The predicted molar refractivity (Wildman–Crippen MR) is 96.4 cm³/mol. The van der Waals surface area contributed by atoms with Gasteiger partial charge in [-0.2, -0.15) is 0 Å². The number of hydrogen-bond donors (Lipinski definition) is 3. The molecule has 1 atom stereocenters. The summed E-state index contributed by atoms with van der Waals surface area (Å²) in [5.74, 6) is -0.747. The fraction of sp³-hybridized carbons (Fsp3) is 0.556. The Morgan fingerprint density at radius 1 is 1.24 bits per heavy atom. The van der Waals surface area contributed by atoms with Gasteiger partial charge in [0.25, 0.3) is 0 Å². The number of rotatable bonds is 6. The number of benzene rings is 1. The van der Waals surface area contributed by atoms with Gasteiger partial charge in [-0.3, -0.25) is 9.79 Å². The molecule has 0 aromatic heterocycles. The van der Waals surface area contributed by atoms with Crippen LogP contribution in [0, 0.1) is 17.0 Å². The second-order valence-electron chi connectivity index (χ2n) is 6.80. The Morgan fingerprint density at radius 2 is 1.92 bits per heavy atom. The molecule has 0 aliphatic heterocycles. The summed E-state index contributed by atoms with van der Waals surface area (Å²) in [5.41, 5.74) is -0.0887. The summed E-state index contributed by atoms with van der Waals surface area (Å²) in [5, 5.41) is 8.96. The van der Waals surface area contributed by atoms with Crippen molar-refractivity contribution in [1.82, 2.24) is 16.0 Å². The molecular formula is C18H28F2N4O. The van der Waals surface area contributed by atoms with E-state index in [9.17, 15) is 13.6 Å². The van der Waals surface area contributed by atoms with Crippen molar-refractivity contribution in [3.05, 3.63) is 35.4 Å². The molecule has 7 heteroatoms. The van der Waals surface area contributed by atoms with E-state index in [4.69, 9.17) is 0 Å². The van der Waals surface area contributed by atoms with Crippen LogP contribution in [0.3, 0.4) is 0 Å². The number of halogens is 2. The van der Waals surface area contributed by atoms with Crippen molar-refractivity contribution < 1.29 is 13.6 Å². The molecule has 1 amide bonds. The summed E-state index contributed by atoms with van der Waals surface area (Å²) < 4.78 is 26.9. The van der Waals surface area contributed by atoms with Gasteiger partial charge in [-0.1, -0.05) is 26.8 Å². The van der Waals surface area contributed by atoms with Crippen molar-refractivity contribution in [3.63, 3.8) is 0 Å². The Labute approximate surface area is 148 Å². The topological polar surface area (TPSA) is 65.5 Å². The van der Waals surface area contributed by atoms with Crippen LogP contribution in [0.2, 0.25) is 0 Å². The zero-order valence-electron chi connectivity index (χ0n) is 15.5. The third kappa shape index (κ3) is 7.07. The van der Waals surface area contributed by atoms with Gasteiger partial charge in [0.2, 0.25) is 5.91 Å². The molecule has 0 radical (unpaired) electrons. The number of amides is 1. The zero-order chi connectivity index (χ0) is 19.0. The highest BCUT2D eigenvalue weighted by molar-refractivity contribution is 5.81. The number of guanidine groups is 1. The van der Waals surface area contributed by atoms with Crippen LogP contribution in [0.4, 0.5) is 8.78 Å². The van der Waals surface area contributed by atoms with Crippen molar-refractivity contribution in [3.8, 4) is 0 Å². The molecule has 1 rings (SSSR count). The van der Waals surface area contributed by atoms with Crippen LogP contribution in [0.5, 0.6) is 0 Å². The minimum atomic E-state index is -0.608. The maximum Gasteiger partial charge on any atom is 0.225 e. The molecule has 3 N–H and O–H groups in total. The zero-order valence-corrected chi connectivity index (χ0v) is 15.5. The summed E-state index contributed by atoms with van der Waals surface area (Å²) in [7, 11) is 0. The molecule has 1 unspecified atom stereocenters. The van der Waals surface area contributed by atoms with Crippen LogP contribution in [-0.4, -0.2) is 31.5 Å². The fourth-order valence-corrected chi connectivity index (χ4v) is 2.06. The molecule has 1 aromatic rings. The molecule has 1 aromatic carbocycles. The molecular weight excluding hydrogens is 326 g/mol. The quantitative estimate of drug-likeness (QED) is 0.418. The maximum absolute atomic E-state index is 13.9. The van der Waals surface area contributed by atoms with E-state index in [2.05, 4.69) is 20.9 Å². The molecule has 140 valence electrons. The standard InChI is InChI=1S/C18H28F2N4O/c1-6-21-17(23-10-9-22-16(25)18(3,4)5)24-12(2)14-8-7-13(19)11-15(14)20/h7-8,11-12H,6,9-10H2,1-5H3,(H,22,25)(H2,21,23,24). The van der Waals surface area contributed by atoms with E-state index in [0.717, 1.165) is 6.07 Å². The van der Waals surface area contributed by atoms with Crippen LogP contribution >= 0.6 is 0 Å². The van der Waals surface area contributed by atoms with Crippen molar-refractivity contribution in [1.29, 1.82) is 0 Å². The Morgan fingerprint density at radius 3 is 2.48 bits per heavy atom. The van der Waals surface area contributed by atoms with E-state index in [1.165, 1.54) is 12.1 Å². The second kappa shape index (κ2) is 9.34. The van der Waals surface area contributed by atoms with Gasteiger partial charge in [-0.15, -0.1) is 0 Å². The Kier molecular flexibility index (Phi) is 7.80. The molecule has 5 nitrogen and oxygen atoms in total. The predicted octanol–water partition coefficient (Wildman–Crippen LogP) is 2.74. The maximum atomic E-state index is 13.9. The lowest BCUT2D eigenvalue weighted by molar-refractivity contribution is -0.128. The van der Waals surface area contributed by atoms with Gasteiger partial charge in [0.05, 0.1) is 12.6 Å². The summed E-state index contributed by atoms with van der Waals surface area (Å²) >= 11 is 0. The smallest absolute Gasteiger partial charge is 0.225 e. The first-order chi connectivity index (χ1) is 11.6. The molecule has 25 heavy (non-hydrogen) atoms. The molecule has 0 fully saturated rings. The van der Waals surface area contributed by atoms with Crippen LogP contribution in [0.25, 0.3) is 0 Å². The number of aliphatic imine (C=N–C) groups is 1. The Balaban J connectivity index is 2.65. The van der Waals surface area contributed by atoms with Gasteiger partial charge in [-0.05, 0) is 19.9 Å². The van der Waals surface area contributed by atoms with Gasteiger partial charge in [-0.25, -0.2) is 8.78 Å². The van der Waals surface area contributed by atoms with Gasteiger partial charge in [0.1, 0.15) is 11.6 Å². The van der Waals surface area contributed by atoms with Crippen LogP contribution in [0.15, 0.2) is 23.2 Å². The van der Waals surface area contributed by atoms with Crippen LogP contribution < -0.4 is 16.0 Å². The largest absolute Gasteiger partial charge is 0.357 e. The van der Waals surface area contributed by atoms with E-state index in [1.54, 1.807) is 6.92 Å². The Bertz CT molecular complexity index is 612. The molecule has 0 aliphatic carbocycles. The summed E-state index contributed by atoms with van der Waals surface area (Å²) in [6.07, 6.45) is 0. The monoisotopic (exact) mass is 354 g/mol. The molecule has 0 heterocycles. The average Bonchev–Trinajstić information content (AvgIpc) is 2.50. The van der Waals surface area contributed by atoms with Crippen molar-refractivity contribution in [2.75, 3.05) is 19.6 Å². The number of carbonyl (C=O) groups is 1. The highest BCUT2D eigenvalue weighted by Gasteiger charge is 2.20. The normalized spacial score (nSPS) is 13.3. The third-order valence-corrected chi connectivity index (χ3v) is 3.47. The lowest BCUT2D eigenvalue weighted by Crippen LogP contribution is -2.40. The average molecular weight is 354 g/mol. The fourth-order valence-electron chi connectivity index (χ4n) is 2.06. The number of nitrogens with zero attached hydrogens (tertiary/aromatic N) is 1. The van der Waals surface area contributed by atoms with E-state index < -0.39 is 17.0 Å². The Hall–Kier alpha value is -2.18. The molecule has 0 saturated carbocycles. The van der Waals surface area contributed by atoms with Crippen molar-refractivity contribution in [2.24, 2.45) is 10.4 Å². The number of hydrogen-bond acceptors (Lipinski definition) is 2. The lowest BCUT2D eigenvalue weighted by Gasteiger charge is -2.19. The first-order valence-corrected chi connectivity index (χ1v) is 8.43. The summed E-state index contributed by atoms with van der Waals surface area (Å²) in [6.45, 7) is 10.6. The van der Waals surface area contributed by atoms with Crippen molar-refractivity contribution >= 4 is 11.9 Å². The number of nitrogens with one attached hydrogen (secondary N) is 3. The van der Waals surface area contributed by atoms with Crippen LogP contribution in [0.1, 0.15) is 46.2 Å². The SMILES string of the molecule is CCNC(=NCCNC(=O)C(C)(C)C)NC(C)c1ccc(F)cc1F. The molecule has 0 spiro atoms. The highest BCUT2D eigenvalue weighted by atomic mass is 19.1. The number of carbonyl (C=O) groups excluding carboxylic acids is 1. The second-order valence-corrected chi connectivity index (χ2v) is 6.80. The molecule has 0 saturated heterocycles. The van der Waals surface area contributed by atoms with Crippen LogP contribution in [-0.2, 0) is 4.79 Å². The first-order valence-electron chi connectivity index (χ1n) is 8.43.